The van der Waals surface area contributed by atoms with Crippen LogP contribution < -0.4 is 4.72 Å². The first kappa shape index (κ1) is 15.6. The highest BCUT2D eigenvalue weighted by atomic mass is 35.5. The summed E-state index contributed by atoms with van der Waals surface area (Å²) in [4.78, 5) is 11.2. The lowest BCUT2D eigenvalue weighted by molar-refractivity contribution is -0.144. The summed E-state index contributed by atoms with van der Waals surface area (Å²) in [5, 5.41) is 9.49. The minimum Gasteiger partial charge on any atom is -0.480 e. The highest BCUT2D eigenvalue weighted by Crippen LogP contribution is 2.41. The van der Waals surface area contributed by atoms with Crippen molar-refractivity contribution in [2.45, 2.75) is 30.2 Å². The van der Waals surface area contributed by atoms with Crippen molar-refractivity contribution >= 4 is 39.2 Å². The van der Waals surface area contributed by atoms with E-state index in [2.05, 4.69) is 4.72 Å². The molecule has 0 aliphatic heterocycles. The highest BCUT2D eigenvalue weighted by Gasteiger charge is 2.50. The fourth-order valence-electron chi connectivity index (χ4n) is 1.98. The first-order valence-corrected chi connectivity index (χ1v) is 8.13. The van der Waals surface area contributed by atoms with Crippen LogP contribution >= 0.6 is 23.2 Å². The molecule has 0 aromatic heterocycles. The molecule has 5 nitrogen and oxygen atoms in total. The van der Waals surface area contributed by atoms with E-state index in [0.29, 0.717) is 12.8 Å². The maximum Gasteiger partial charge on any atom is 0.324 e. The number of aliphatic carboxylic acids is 1. The molecule has 0 heterocycles. The third-order valence-corrected chi connectivity index (χ3v) is 5.65. The minimum absolute atomic E-state index is 0.00886. The van der Waals surface area contributed by atoms with Crippen LogP contribution in [0.4, 0.5) is 0 Å². The van der Waals surface area contributed by atoms with Crippen LogP contribution in [0.1, 0.15) is 19.8 Å². The van der Waals surface area contributed by atoms with E-state index in [9.17, 15) is 18.3 Å². The van der Waals surface area contributed by atoms with Crippen LogP contribution in [0.5, 0.6) is 0 Å². The van der Waals surface area contributed by atoms with Crippen molar-refractivity contribution in [1.29, 1.82) is 0 Å². The summed E-state index contributed by atoms with van der Waals surface area (Å²) in [5.41, 5.74) is -1.54. The Morgan fingerprint density at radius 2 is 2.00 bits per heavy atom. The van der Waals surface area contributed by atoms with Crippen LogP contribution in [0, 0.1) is 5.92 Å². The Kier molecular flexibility index (Phi) is 4.03. The Balaban J connectivity index is 2.40. The standard InChI is InChI=1S/C12H13Cl2NO4S/c1-12(11(16)17,7-2-3-7)15-20(18,19)10-6-8(13)4-5-9(10)14/h4-7,15H,2-3H2,1H3,(H,16,17). The molecule has 2 rings (SSSR count). The second-order valence-electron chi connectivity index (χ2n) is 4.96. The average Bonchev–Trinajstić information content (AvgIpc) is 3.15. The second kappa shape index (κ2) is 5.18. The fraction of sp³-hybridized carbons (Fsp3) is 0.417. The van der Waals surface area contributed by atoms with Crippen LogP contribution in [0.2, 0.25) is 10.0 Å². The normalized spacial score (nSPS) is 18.6. The summed E-state index contributed by atoms with van der Waals surface area (Å²) < 4.78 is 26.9. The van der Waals surface area contributed by atoms with Crippen molar-refractivity contribution in [2.75, 3.05) is 0 Å². The third kappa shape index (κ3) is 2.93. The van der Waals surface area contributed by atoms with Gasteiger partial charge < -0.3 is 5.11 Å². The van der Waals surface area contributed by atoms with E-state index in [1.165, 1.54) is 25.1 Å². The van der Waals surface area contributed by atoms with Gasteiger partial charge in [-0.2, -0.15) is 4.72 Å². The molecule has 1 atom stereocenters. The molecule has 1 unspecified atom stereocenters. The van der Waals surface area contributed by atoms with E-state index < -0.39 is 21.5 Å². The Morgan fingerprint density at radius 1 is 1.40 bits per heavy atom. The molecule has 0 amide bonds. The van der Waals surface area contributed by atoms with Gasteiger partial charge in [0.25, 0.3) is 0 Å². The van der Waals surface area contributed by atoms with Crippen molar-refractivity contribution in [3.8, 4) is 0 Å². The number of nitrogens with one attached hydrogen (secondary N) is 1. The molecular formula is C12H13Cl2NO4S. The summed E-state index contributed by atoms with van der Waals surface area (Å²) in [5.74, 6) is -1.42. The Bertz CT molecular complexity index is 657. The van der Waals surface area contributed by atoms with Gasteiger partial charge in [-0.3, -0.25) is 4.79 Å². The Labute approximate surface area is 126 Å². The van der Waals surface area contributed by atoms with Gasteiger partial charge in [0.05, 0.1) is 5.02 Å². The van der Waals surface area contributed by atoms with Crippen molar-refractivity contribution in [2.24, 2.45) is 5.92 Å². The van der Waals surface area contributed by atoms with Gasteiger partial charge in [-0.1, -0.05) is 23.2 Å². The lowest BCUT2D eigenvalue weighted by Gasteiger charge is -2.26. The van der Waals surface area contributed by atoms with E-state index >= 15 is 0 Å². The topological polar surface area (TPSA) is 83.5 Å². The van der Waals surface area contributed by atoms with Crippen LogP contribution in [-0.2, 0) is 14.8 Å². The van der Waals surface area contributed by atoms with Crippen molar-refractivity contribution < 1.29 is 18.3 Å². The molecule has 1 aliphatic carbocycles. The van der Waals surface area contributed by atoms with E-state index in [0.717, 1.165) is 0 Å². The molecule has 2 N–H and O–H groups in total. The van der Waals surface area contributed by atoms with Crippen LogP contribution in [-0.4, -0.2) is 25.0 Å². The number of hydrogen-bond donors (Lipinski definition) is 2. The molecule has 0 radical (unpaired) electrons. The number of carboxylic acids is 1. The first-order valence-electron chi connectivity index (χ1n) is 5.89. The molecule has 0 saturated heterocycles. The zero-order valence-electron chi connectivity index (χ0n) is 10.6. The predicted molar refractivity (Wildman–Crippen MR) is 75.5 cm³/mol. The van der Waals surface area contributed by atoms with Gasteiger partial charge in [0.15, 0.2) is 0 Å². The number of carbonyl (C=O) groups is 1. The first-order chi connectivity index (χ1) is 9.17. The Hall–Kier alpha value is -0.820. The quantitative estimate of drug-likeness (QED) is 0.864. The van der Waals surface area contributed by atoms with E-state index in [4.69, 9.17) is 23.2 Å². The maximum absolute atomic E-state index is 12.3. The van der Waals surface area contributed by atoms with Gasteiger partial charge in [-0.25, -0.2) is 8.42 Å². The largest absolute Gasteiger partial charge is 0.480 e. The summed E-state index contributed by atoms with van der Waals surface area (Å²) in [6.45, 7) is 1.36. The number of rotatable bonds is 5. The molecule has 0 spiro atoms. The summed E-state index contributed by atoms with van der Waals surface area (Å²) in [6, 6.07) is 4.01. The summed E-state index contributed by atoms with van der Waals surface area (Å²) in [6.07, 6.45) is 1.35. The van der Waals surface area contributed by atoms with Crippen LogP contribution in [0.25, 0.3) is 0 Å². The molecule has 1 saturated carbocycles. The van der Waals surface area contributed by atoms with Gasteiger partial charge in [0.2, 0.25) is 10.0 Å². The molecule has 8 heteroatoms. The van der Waals surface area contributed by atoms with Gasteiger partial charge in [0.1, 0.15) is 10.4 Å². The zero-order valence-corrected chi connectivity index (χ0v) is 12.9. The SMILES string of the molecule is CC(NS(=O)(=O)c1cc(Cl)ccc1Cl)(C(=O)O)C1CC1. The number of halogens is 2. The fourth-order valence-corrected chi connectivity index (χ4v) is 4.17. The smallest absolute Gasteiger partial charge is 0.324 e. The molecular weight excluding hydrogens is 325 g/mol. The van der Waals surface area contributed by atoms with Gasteiger partial charge in [-0.15, -0.1) is 0 Å². The van der Waals surface area contributed by atoms with Crippen molar-refractivity contribution in [3.63, 3.8) is 0 Å². The Morgan fingerprint density at radius 3 is 2.50 bits per heavy atom. The molecule has 0 bridgehead atoms. The number of sulfonamides is 1. The molecule has 20 heavy (non-hydrogen) atoms. The molecule has 1 aromatic carbocycles. The summed E-state index contributed by atoms with van der Waals surface area (Å²) in [7, 11) is -4.07. The van der Waals surface area contributed by atoms with Gasteiger partial charge >= 0.3 is 5.97 Å². The van der Waals surface area contributed by atoms with Crippen molar-refractivity contribution in [1.82, 2.24) is 4.72 Å². The lowest BCUT2D eigenvalue weighted by atomic mass is 9.98. The van der Waals surface area contributed by atoms with E-state index in [1.807, 2.05) is 0 Å². The molecule has 1 aliphatic rings. The monoisotopic (exact) mass is 337 g/mol. The predicted octanol–water partition coefficient (Wildman–Crippen LogP) is 2.53. The van der Waals surface area contributed by atoms with Gasteiger partial charge in [0, 0.05) is 5.02 Å². The third-order valence-electron chi connectivity index (χ3n) is 3.37. The van der Waals surface area contributed by atoms with Crippen LogP contribution in [0.3, 0.4) is 0 Å². The van der Waals surface area contributed by atoms with E-state index in [1.54, 1.807) is 0 Å². The second-order valence-corrected chi connectivity index (χ2v) is 7.46. The van der Waals surface area contributed by atoms with Crippen LogP contribution in [0.15, 0.2) is 23.1 Å². The van der Waals surface area contributed by atoms with E-state index in [-0.39, 0.29) is 20.9 Å². The average molecular weight is 338 g/mol. The molecule has 1 fully saturated rings. The van der Waals surface area contributed by atoms with Crippen molar-refractivity contribution in [3.05, 3.63) is 28.2 Å². The number of carboxylic acid groups (broad SMARTS) is 1. The minimum atomic E-state index is -4.07. The molecule has 110 valence electrons. The zero-order chi connectivity index (χ0) is 15.1. The van der Waals surface area contributed by atoms with Gasteiger partial charge in [-0.05, 0) is 43.9 Å². The summed E-state index contributed by atoms with van der Waals surface area (Å²) >= 11 is 11.6. The lowest BCUT2D eigenvalue weighted by Crippen LogP contribution is -2.53. The number of benzene rings is 1. The number of hydrogen-bond acceptors (Lipinski definition) is 3. The highest BCUT2D eigenvalue weighted by molar-refractivity contribution is 7.89. The maximum atomic E-state index is 12.3. The molecule has 1 aromatic rings.